The first kappa shape index (κ1) is 12.2. The first-order valence-corrected chi connectivity index (χ1v) is 6.87. The summed E-state index contributed by atoms with van der Waals surface area (Å²) in [5.74, 6) is 0.640. The Kier molecular flexibility index (Phi) is 3.51. The highest BCUT2D eigenvalue weighted by molar-refractivity contribution is 5.18. The second-order valence-corrected chi connectivity index (χ2v) is 5.19. The average Bonchev–Trinajstić information content (AvgIpc) is 2.87. The molecule has 4 nitrogen and oxygen atoms in total. The average molecular weight is 256 g/mol. The first-order valence-electron chi connectivity index (χ1n) is 6.87. The van der Waals surface area contributed by atoms with Gasteiger partial charge in [0.05, 0.1) is 0 Å². The molecule has 0 bridgehead atoms. The minimum Gasteiger partial charge on any atom is -0.369 e. The molecule has 0 spiro atoms. The molecule has 1 aromatic carbocycles. The van der Waals surface area contributed by atoms with E-state index >= 15 is 0 Å². The third kappa shape index (κ3) is 2.79. The summed E-state index contributed by atoms with van der Waals surface area (Å²) >= 11 is 0. The van der Waals surface area contributed by atoms with E-state index in [1.54, 1.807) is 6.20 Å². The van der Waals surface area contributed by atoms with E-state index in [0.717, 1.165) is 32.5 Å². The number of hydrogen-bond acceptors (Lipinski definition) is 3. The van der Waals surface area contributed by atoms with Crippen molar-refractivity contribution in [1.29, 1.82) is 0 Å². The second kappa shape index (κ2) is 5.45. The third-order valence-electron chi connectivity index (χ3n) is 3.90. The Labute approximate surface area is 113 Å². The number of anilines is 1. The van der Waals surface area contributed by atoms with Crippen molar-refractivity contribution in [3.63, 3.8) is 0 Å². The molecule has 1 aliphatic heterocycles. The van der Waals surface area contributed by atoms with Crippen molar-refractivity contribution in [2.75, 3.05) is 18.8 Å². The molecule has 1 fully saturated rings. The molecule has 0 amide bonds. The number of imidazole rings is 1. The van der Waals surface area contributed by atoms with Gasteiger partial charge in [-0.15, -0.1) is 0 Å². The van der Waals surface area contributed by atoms with Gasteiger partial charge in [0.15, 0.2) is 5.95 Å². The Hall–Kier alpha value is -1.81. The molecule has 0 aliphatic carbocycles. The summed E-state index contributed by atoms with van der Waals surface area (Å²) in [4.78, 5) is 6.62. The molecular weight excluding hydrogens is 236 g/mol. The SMILES string of the molecule is Nc1nccn1C1CCN(Cc2ccccc2)CC1. The third-order valence-corrected chi connectivity index (χ3v) is 3.90. The largest absolute Gasteiger partial charge is 0.369 e. The quantitative estimate of drug-likeness (QED) is 0.916. The lowest BCUT2D eigenvalue weighted by molar-refractivity contribution is 0.180. The fourth-order valence-corrected chi connectivity index (χ4v) is 2.83. The number of piperidine rings is 1. The topological polar surface area (TPSA) is 47.1 Å². The molecular formula is C15H20N4. The molecule has 3 rings (SSSR count). The smallest absolute Gasteiger partial charge is 0.200 e. The number of benzene rings is 1. The van der Waals surface area contributed by atoms with Gasteiger partial charge in [-0.3, -0.25) is 4.90 Å². The standard InChI is InChI=1S/C15H20N4/c16-15-17-8-11-19(15)14-6-9-18(10-7-14)12-13-4-2-1-3-5-13/h1-5,8,11,14H,6-7,9-10,12H2,(H2,16,17). The zero-order chi connectivity index (χ0) is 13.1. The van der Waals surface area contributed by atoms with Crippen LogP contribution in [0.1, 0.15) is 24.4 Å². The van der Waals surface area contributed by atoms with Gasteiger partial charge in [-0.05, 0) is 18.4 Å². The van der Waals surface area contributed by atoms with Crippen molar-refractivity contribution in [2.45, 2.75) is 25.4 Å². The Morgan fingerprint density at radius 2 is 1.89 bits per heavy atom. The second-order valence-electron chi connectivity index (χ2n) is 5.19. The Morgan fingerprint density at radius 1 is 1.16 bits per heavy atom. The lowest BCUT2D eigenvalue weighted by atomic mass is 10.0. The van der Waals surface area contributed by atoms with E-state index in [9.17, 15) is 0 Å². The van der Waals surface area contributed by atoms with Crippen LogP contribution in [0.2, 0.25) is 0 Å². The number of aromatic nitrogens is 2. The predicted molar refractivity (Wildman–Crippen MR) is 76.6 cm³/mol. The van der Waals surface area contributed by atoms with Gasteiger partial charge in [-0.25, -0.2) is 4.98 Å². The Morgan fingerprint density at radius 3 is 2.53 bits per heavy atom. The molecule has 1 saturated heterocycles. The first-order chi connectivity index (χ1) is 9.33. The maximum Gasteiger partial charge on any atom is 0.200 e. The van der Waals surface area contributed by atoms with Crippen LogP contribution in [0.25, 0.3) is 0 Å². The van der Waals surface area contributed by atoms with Crippen LogP contribution in [0.4, 0.5) is 5.95 Å². The zero-order valence-electron chi connectivity index (χ0n) is 11.1. The van der Waals surface area contributed by atoms with E-state index in [1.807, 2.05) is 6.20 Å². The van der Waals surface area contributed by atoms with Gasteiger partial charge >= 0.3 is 0 Å². The summed E-state index contributed by atoms with van der Waals surface area (Å²) in [6.45, 7) is 3.29. The fourth-order valence-electron chi connectivity index (χ4n) is 2.83. The normalized spacial score (nSPS) is 17.7. The van der Waals surface area contributed by atoms with Gasteiger partial charge in [0.25, 0.3) is 0 Å². The number of rotatable bonds is 3. The summed E-state index contributed by atoms with van der Waals surface area (Å²) in [5, 5.41) is 0. The van der Waals surface area contributed by atoms with Crippen LogP contribution >= 0.6 is 0 Å². The molecule has 0 radical (unpaired) electrons. The van der Waals surface area contributed by atoms with Crippen LogP contribution in [0, 0.1) is 0 Å². The van der Waals surface area contributed by atoms with E-state index in [2.05, 4.69) is 44.8 Å². The van der Waals surface area contributed by atoms with E-state index in [0.29, 0.717) is 12.0 Å². The molecule has 1 aliphatic rings. The molecule has 0 atom stereocenters. The van der Waals surface area contributed by atoms with Gasteiger partial charge in [-0.2, -0.15) is 0 Å². The summed E-state index contributed by atoms with van der Waals surface area (Å²) in [7, 11) is 0. The number of nitrogens with zero attached hydrogens (tertiary/aromatic N) is 3. The minimum absolute atomic E-state index is 0.509. The monoisotopic (exact) mass is 256 g/mol. The predicted octanol–water partition coefficient (Wildman–Crippen LogP) is 2.30. The van der Waals surface area contributed by atoms with Crippen LogP contribution in [0.15, 0.2) is 42.7 Å². The minimum atomic E-state index is 0.509. The van der Waals surface area contributed by atoms with Gasteiger partial charge in [-0.1, -0.05) is 30.3 Å². The highest BCUT2D eigenvalue weighted by Gasteiger charge is 2.21. The van der Waals surface area contributed by atoms with Crippen molar-refractivity contribution < 1.29 is 0 Å². The van der Waals surface area contributed by atoms with Crippen molar-refractivity contribution in [3.05, 3.63) is 48.3 Å². The van der Waals surface area contributed by atoms with E-state index in [1.165, 1.54) is 5.56 Å². The molecule has 2 heterocycles. The lowest BCUT2D eigenvalue weighted by Gasteiger charge is -2.32. The van der Waals surface area contributed by atoms with Crippen molar-refractivity contribution in [3.8, 4) is 0 Å². The van der Waals surface area contributed by atoms with Crippen LogP contribution in [-0.4, -0.2) is 27.5 Å². The molecule has 2 N–H and O–H groups in total. The summed E-state index contributed by atoms with van der Waals surface area (Å²) in [6, 6.07) is 11.2. The molecule has 4 heteroatoms. The maximum absolute atomic E-state index is 5.87. The van der Waals surface area contributed by atoms with Gasteiger partial charge in [0.1, 0.15) is 0 Å². The number of nitrogens with two attached hydrogens (primary N) is 1. The van der Waals surface area contributed by atoms with Crippen LogP contribution in [-0.2, 0) is 6.54 Å². The highest BCUT2D eigenvalue weighted by atomic mass is 15.2. The number of nitrogen functional groups attached to an aromatic ring is 1. The van der Waals surface area contributed by atoms with Crippen LogP contribution in [0.3, 0.4) is 0 Å². The summed E-state index contributed by atoms with van der Waals surface area (Å²) in [5.41, 5.74) is 7.26. The molecule has 1 aromatic heterocycles. The van der Waals surface area contributed by atoms with Crippen molar-refractivity contribution in [2.24, 2.45) is 0 Å². The highest BCUT2D eigenvalue weighted by Crippen LogP contribution is 2.25. The summed E-state index contributed by atoms with van der Waals surface area (Å²) in [6.07, 6.45) is 6.07. The van der Waals surface area contributed by atoms with Crippen LogP contribution in [0.5, 0.6) is 0 Å². The number of hydrogen-bond donors (Lipinski definition) is 1. The summed E-state index contributed by atoms with van der Waals surface area (Å²) < 4.78 is 2.11. The lowest BCUT2D eigenvalue weighted by Crippen LogP contribution is -2.34. The Balaban J connectivity index is 1.57. The van der Waals surface area contributed by atoms with Gasteiger partial charge in [0.2, 0.25) is 0 Å². The number of likely N-dealkylation sites (tertiary alicyclic amines) is 1. The van der Waals surface area contributed by atoms with E-state index < -0.39 is 0 Å². The van der Waals surface area contributed by atoms with Gasteiger partial charge in [0, 0.05) is 38.1 Å². The van der Waals surface area contributed by atoms with E-state index in [4.69, 9.17) is 5.73 Å². The fraction of sp³-hybridized carbons (Fsp3) is 0.400. The van der Waals surface area contributed by atoms with Gasteiger partial charge < -0.3 is 10.3 Å². The molecule has 2 aromatic rings. The van der Waals surface area contributed by atoms with E-state index in [-0.39, 0.29) is 0 Å². The molecule has 19 heavy (non-hydrogen) atoms. The molecule has 0 unspecified atom stereocenters. The van der Waals surface area contributed by atoms with Crippen molar-refractivity contribution >= 4 is 5.95 Å². The van der Waals surface area contributed by atoms with Crippen LogP contribution < -0.4 is 5.73 Å². The molecule has 0 saturated carbocycles. The molecule has 100 valence electrons. The maximum atomic E-state index is 5.87. The Bertz CT molecular complexity index is 512. The van der Waals surface area contributed by atoms with Crippen molar-refractivity contribution in [1.82, 2.24) is 14.5 Å². The zero-order valence-corrected chi connectivity index (χ0v) is 11.1.